The van der Waals surface area contributed by atoms with Crippen molar-refractivity contribution in [1.29, 1.82) is 0 Å². The lowest BCUT2D eigenvalue weighted by molar-refractivity contribution is 0.0995. The monoisotopic (exact) mass is 426 g/mol. The quantitative estimate of drug-likeness (QED) is 0.504. The molecular formula is C19H15FN6O3S. The first-order chi connectivity index (χ1) is 14.4. The summed E-state index contributed by atoms with van der Waals surface area (Å²) in [6, 6.07) is 8.98. The summed E-state index contributed by atoms with van der Waals surface area (Å²) in [7, 11) is 0. The molecule has 4 rings (SSSR count). The number of benzene rings is 1. The summed E-state index contributed by atoms with van der Waals surface area (Å²) in [4.78, 5) is 25.2. The van der Waals surface area contributed by atoms with E-state index in [2.05, 4.69) is 26.2 Å². The fraction of sp³-hybridized carbons (Fsp3) is 0.105. The number of carbonyl (C=O) groups excluding carboxylic acids is 2. The molecule has 0 aliphatic heterocycles. The Morgan fingerprint density at radius 1 is 1.13 bits per heavy atom. The molecule has 0 spiro atoms. The van der Waals surface area contributed by atoms with E-state index in [-0.39, 0.29) is 11.4 Å². The van der Waals surface area contributed by atoms with E-state index in [9.17, 15) is 14.0 Å². The van der Waals surface area contributed by atoms with Crippen LogP contribution in [0.25, 0.3) is 5.69 Å². The van der Waals surface area contributed by atoms with Gasteiger partial charge in [-0.2, -0.15) is 4.68 Å². The molecule has 0 aliphatic carbocycles. The average Bonchev–Trinajstić information content (AvgIpc) is 3.45. The minimum absolute atomic E-state index is 0.0126. The van der Waals surface area contributed by atoms with Crippen LogP contribution in [0, 0.1) is 19.7 Å². The third-order valence-corrected chi connectivity index (χ3v) is 5.33. The van der Waals surface area contributed by atoms with Crippen molar-refractivity contribution in [3.63, 3.8) is 0 Å². The maximum absolute atomic E-state index is 14.3. The second kappa shape index (κ2) is 7.87. The number of thiophene rings is 1. The summed E-state index contributed by atoms with van der Waals surface area (Å²) in [6.07, 6.45) is 1.40. The first-order valence-electron chi connectivity index (χ1n) is 8.74. The van der Waals surface area contributed by atoms with Crippen LogP contribution in [-0.4, -0.2) is 32.0 Å². The van der Waals surface area contributed by atoms with Crippen molar-refractivity contribution in [2.75, 3.05) is 10.6 Å². The Morgan fingerprint density at radius 3 is 2.67 bits per heavy atom. The van der Waals surface area contributed by atoms with E-state index in [1.807, 2.05) is 0 Å². The molecule has 0 saturated carbocycles. The molecule has 0 aliphatic rings. The van der Waals surface area contributed by atoms with Gasteiger partial charge < -0.3 is 15.1 Å². The SMILES string of the molecule is Cc1cc(NC(=O)c2ccco2)sc1C(=O)Nc1cc(-n2nnnc2C)ccc1F. The van der Waals surface area contributed by atoms with E-state index in [1.54, 1.807) is 26.0 Å². The molecule has 2 N–H and O–H groups in total. The number of tetrazole rings is 1. The fourth-order valence-electron chi connectivity index (χ4n) is 2.74. The van der Waals surface area contributed by atoms with Crippen LogP contribution in [0.2, 0.25) is 0 Å². The van der Waals surface area contributed by atoms with E-state index in [1.165, 1.54) is 35.2 Å². The number of halogens is 1. The zero-order valence-corrected chi connectivity index (χ0v) is 16.7. The predicted molar refractivity (Wildman–Crippen MR) is 108 cm³/mol. The molecule has 0 unspecified atom stereocenters. The van der Waals surface area contributed by atoms with Crippen LogP contribution in [0.4, 0.5) is 15.1 Å². The number of furan rings is 1. The van der Waals surface area contributed by atoms with Gasteiger partial charge in [-0.15, -0.1) is 16.4 Å². The Kier molecular flexibility index (Phi) is 5.11. The summed E-state index contributed by atoms with van der Waals surface area (Å²) in [5.74, 6) is -0.851. The number of aryl methyl sites for hydroxylation is 2. The molecule has 3 heterocycles. The second-order valence-electron chi connectivity index (χ2n) is 6.31. The van der Waals surface area contributed by atoms with E-state index >= 15 is 0 Å². The summed E-state index contributed by atoms with van der Waals surface area (Å²) in [6.45, 7) is 3.43. The molecule has 2 amide bonds. The Bertz CT molecular complexity index is 1230. The highest BCUT2D eigenvalue weighted by Crippen LogP contribution is 2.29. The minimum Gasteiger partial charge on any atom is -0.459 e. The molecule has 0 bridgehead atoms. The molecule has 1 aromatic carbocycles. The van der Waals surface area contributed by atoms with Gasteiger partial charge in [-0.05, 0) is 66.2 Å². The number of amides is 2. The lowest BCUT2D eigenvalue weighted by Gasteiger charge is -2.09. The maximum atomic E-state index is 14.3. The Hall–Kier alpha value is -3.86. The topological polar surface area (TPSA) is 115 Å². The number of carbonyl (C=O) groups is 2. The van der Waals surface area contributed by atoms with Crippen molar-refractivity contribution in [2.45, 2.75) is 13.8 Å². The molecule has 3 aromatic heterocycles. The third-order valence-electron chi connectivity index (χ3n) is 4.17. The Balaban J connectivity index is 1.54. The van der Waals surface area contributed by atoms with Crippen LogP contribution >= 0.6 is 11.3 Å². The largest absolute Gasteiger partial charge is 0.459 e. The van der Waals surface area contributed by atoms with Crippen molar-refractivity contribution in [3.05, 3.63) is 70.5 Å². The van der Waals surface area contributed by atoms with Gasteiger partial charge >= 0.3 is 0 Å². The van der Waals surface area contributed by atoms with E-state index in [4.69, 9.17) is 4.42 Å². The fourth-order valence-corrected chi connectivity index (χ4v) is 3.70. The van der Waals surface area contributed by atoms with Gasteiger partial charge in [0.1, 0.15) is 5.82 Å². The van der Waals surface area contributed by atoms with Crippen LogP contribution in [0.3, 0.4) is 0 Å². The number of nitrogens with zero attached hydrogens (tertiary/aromatic N) is 4. The van der Waals surface area contributed by atoms with Crippen molar-refractivity contribution in [2.24, 2.45) is 0 Å². The molecule has 9 nitrogen and oxygen atoms in total. The average molecular weight is 426 g/mol. The number of nitrogens with one attached hydrogen (secondary N) is 2. The molecular weight excluding hydrogens is 411 g/mol. The van der Waals surface area contributed by atoms with Crippen molar-refractivity contribution in [1.82, 2.24) is 20.2 Å². The van der Waals surface area contributed by atoms with E-state index < -0.39 is 17.6 Å². The molecule has 0 radical (unpaired) electrons. The second-order valence-corrected chi connectivity index (χ2v) is 7.36. The standard InChI is InChI=1S/C19H15FN6O3S/c1-10-8-16(22-18(27)15-4-3-7-29-15)30-17(10)19(28)21-14-9-12(5-6-13(14)20)26-11(2)23-24-25-26/h3-9H,1-2H3,(H,21,28)(H,22,27). The lowest BCUT2D eigenvalue weighted by Crippen LogP contribution is -2.13. The van der Waals surface area contributed by atoms with E-state index in [0.717, 1.165) is 11.3 Å². The highest BCUT2D eigenvalue weighted by atomic mass is 32.1. The first-order valence-corrected chi connectivity index (χ1v) is 9.55. The first kappa shape index (κ1) is 19.5. The molecule has 0 atom stereocenters. The van der Waals surface area contributed by atoms with Crippen LogP contribution in [0.5, 0.6) is 0 Å². The summed E-state index contributed by atoms with van der Waals surface area (Å²) >= 11 is 1.08. The van der Waals surface area contributed by atoms with Gasteiger partial charge in [0.15, 0.2) is 11.6 Å². The minimum atomic E-state index is -0.599. The highest BCUT2D eigenvalue weighted by molar-refractivity contribution is 7.18. The van der Waals surface area contributed by atoms with Crippen molar-refractivity contribution >= 4 is 33.8 Å². The van der Waals surface area contributed by atoms with Gasteiger partial charge in [0.25, 0.3) is 11.8 Å². The summed E-state index contributed by atoms with van der Waals surface area (Å²) in [5, 5.41) is 16.9. The van der Waals surface area contributed by atoms with Gasteiger partial charge in [0.2, 0.25) is 0 Å². The van der Waals surface area contributed by atoms with Crippen LogP contribution in [0.15, 0.2) is 47.1 Å². The number of hydrogen-bond acceptors (Lipinski definition) is 7. The van der Waals surface area contributed by atoms with Gasteiger partial charge in [-0.3, -0.25) is 9.59 Å². The van der Waals surface area contributed by atoms with Crippen LogP contribution in [0.1, 0.15) is 31.6 Å². The van der Waals surface area contributed by atoms with Crippen molar-refractivity contribution < 1.29 is 18.4 Å². The molecule has 11 heteroatoms. The van der Waals surface area contributed by atoms with Crippen LogP contribution < -0.4 is 10.6 Å². The van der Waals surface area contributed by atoms with Gasteiger partial charge in [-0.25, -0.2) is 4.39 Å². The molecule has 4 aromatic rings. The van der Waals surface area contributed by atoms with Gasteiger partial charge in [0, 0.05) is 0 Å². The zero-order chi connectivity index (χ0) is 21.3. The molecule has 0 saturated heterocycles. The number of aromatic nitrogens is 4. The summed E-state index contributed by atoms with van der Waals surface area (Å²) in [5.41, 5.74) is 1.13. The molecule has 30 heavy (non-hydrogen) atoms. The summed E-state index contributed by atoms with van der Waals surface area (Å²) < 4.78 is 20.8. The zero-order valence-electron chi connectivity index (χ0n) is 15.8. The Morgan fingerprint density at radius 2 is 1.97 bits per heavy atom. The predicted octanol–water partition coefficient (Wildman–Crippen LogP) is 3.58. The molecule has 0 fully saturated rings. The van der Waals surface area contributed by atoms with Gasteiger partial charge in [-0.1, -0.05) is 0 Å². The Labute approximate surface area is 173 Å². The highest BCUT2D eigenvalue weighted by Gasteiger charge is 2.18. The maximum Gasteiger partial charge on any atom is 0.291 e. The lowest BCUT2D eigenvalue weighted by atomic mass is 10.2. The number of hydrogen-bond donors (Lipinski definition) is 2. The van der Waals surface area contributed by atoms with Crippen LogP contribution in [-0.2, 0) is 0 Å². The van der Waals surface area contributed by atoms with E-state index in [0.29, 0.717) is 27.0 Å². The number of rotatable bonds is 5. The van der Waals surface area contributed by atoms with Crippen molar-refractivity contribution in [3.8, 4) is 5.69 Å². The molecule has 152 valence electrons. The smallest absolute Gasteiger partial charge is 0.291 e. The number of anilines is 2. The van der Waals surface area contributed by atoms with Gasteiger partial charge in [0.05, 0.1) is 27.5 Å². The normalized spacial score (nSPS) is 10.8. The third kappa shape index (κ3) is 3.82.